The van der Waals surface area contributed by atoms with Crippen molar-refractivity contribution in [3.8, 4) is 5.69 Å². The van der Waals surface area contributed by atoms with Gasteiger partial charge >= 0.3 is 0 Å². The monoisotopic (exact) mass is 382 g/mol. The van der Waals surface area contributed by atoms with Gasteiger partial charge in [-0.3, -0.25) is 4.21 Å². The Kier molecular flexibility index (Phi) is 5.59. The highest BCUT2D eigenvalue weighted by Crippen LogP contribution is 2.23. The molecule has 0 amide bonds. The first-order valence-corrected chi connectivity index (χ1v) is 9.73. The number of nitrogens with one attached hydrogen (secondary N) is 2. The number of rotatable bonds is 4. The molecule has 0 aliphatic carbocycles. The quantitative estimate of drug-likeness (QED) is 0.749. The predicted octanol–water partition coefficient (Wildman–Crippen LogP) is 0.569. The second kappa shape index (κ2) is 7.87. The molecule has 0 atom stereocenters. The van der Waals surface area contributed by atoms with Gasteiger partial charge in [-0.1, -0.05) is 5.21 Å². The summed E-state index contributed by atoms with van der Waals surface area (Å²) in [7, 11) is 0.948. The van der Waals surface area contributed by atoms with E-state index < -0.39 is 10.8 Å². The first kappa shape index (κ1) is 17.7. The van der Waals surface area contributed by atoms with Crippen molar-refractivity contribution >= 4 is 33.8 Å². The standard InChI is InChI=1S/C15H19FN6OS2/c1-17-15(24)18-9-11-10-22(20-19-11)12-2-3-14(13(16)8-12)21-4-6-25(23)7-5-21/h2-3,8,10H,4-7,9H2,1H3,(H2,17,18,24). The highest BCUT2D eigenvalue weighted by Gasteiger charge is 2.18. The molecule has 0 unspecified atom stereocenters. The lowest BCUT2D eigenvalue weighted by atomic mass is 10.2. The van der Waals surface area contributed by atoms with E-state index in [9.17, 15) is 8.60 Å². The molecule has 0 spiro atoms. The van der Waals surface area contributed by atoms with E-state index in [1.165, 1.54) is 10.7 Å². The van der Waals surface area contributed by atoms with Crippen LogP contribution in [-0.2, 0) is 17.3 Å². The summed E-state index contributed by atoms with van der Waals surface area (Å²) in [6.07, 6.45) is 1.73. The van der Waals surface area contributed by atoms with Crippen molar-refractivity contribution in [2.45, 2.75) is 6.54 Å². The molecule has 1 aromatic heterocycles. The molecule has 7 nitrogen and oxygen atoms in total. The van der Waals surface area contributed by atoms with Crippen molar-refractivity contribution in [3.05, 3.63) is 35.9 Å². The Morgan fingerprint density at radius 1 is 1.40 bits per heavy atom. The number of aromatic nitrogens is 3. The van der Waals surface area contributed by atoms with E-state index in [0.717, 1.165) is 0 Å². The summed E-state index contributed by atoms with van der Waals surface area (Å²) in [6.45, 7) is 1.64. The number of halogens is 1. The van der Waals surface area contributed by atoms with Crippen LogP contribution in [0.15, 0.2) is 24.4 Å². The minimum absolute atomic E-state index is 0.322. The lowest BCUT2D eigenvalue weighted by Gasteiger charge is -2.28. The number of thiocarbonyl (C=S) groups is 1. The number of hydrogen-bond donors (Lipinski definition) is 2. The third kappa shape index (κ3) is 4.31. The Bertz CT molecular complexity index is 786. The van der Waals surface area contributed by atoms with Gasteiger partial charge in [0.05, 0.1) is 24.1 Å². The van der Waals surface area contributed by atoms with Crippen molar-refractivity contribution in [3.63, 3.8) is 0 Å². The summed E-state index contributed by atoms with van der Waals surface area (Å²) in [4.78, 5) is 1.93. The molecule has 1 aromatic carbocycles. The predicted molar refractivity (Wildman–Crippen MR) is 99.9 cm³/mol. The van der Waals surface area contributed by atoms with Gasteiger partial charge in [0.1, 0.15) is 11.5 Å². The van der Waals surface area contributed by atoms with Gasteiger partial charge in [-0.15, -0.1) is 5.10 Å². The van der Waals surface area contributed by atoms with Gasteiger partial charge in [0, 0.05) is 48.5 Å². The van der Waals surface area contributed by atoms with Gasteiger partial charge in [0.25, 0.3) is 0 Å². The Balaban J connectivity index is 1.71. The van der Waals surface area contributed by atoms with E-state index in [1.807, 2.05) is 4.90 Å². The number of hydrogen-bond acceptors (Lipinski definition) is 5. The van der Waals surface area contributed by atoms with E-state index in [0.29, 0.717) is 53.3 Å². The minimum atomic E-state index is -0.785. The highest BCUT2D eigenvalue weighted by molar-refractivity contribution is 7.85. The fraction of sp³-hybridized carbons (Fsp3) is 0.400. The topological polar surface area (TPSA) is 75.1 Å². The average Bonchev–Trinajstić information content (AvgIpc) is 3.09. The van der Waals surface area contributed by atoms with Gasteiger partial charge in [0.2, 0.25) is 0 Å². The van der Waals surface area contributed by atoms with Crippen LogP contribution in [0, 0.1) is 5.82 Å². The Labute approximate surface area is 153 Å². The highest BCUT2D eigenvalue weighted by atomic mass is 32.2. The molecule has 1 aliphatic rings. The molecule has 0 radical (unpaired) electrons. The zero-order valence-electron chi connectivity index (χ0n) is 13.7. The number of nitrogens with zero attached hydrogens (tertiary/aromatic N) is 4. The molecule has 2 heterocycles. The van der Waals surface area contributed by atoms with Gasteiger partial charge in [-0.05, 0) is 24.4 Å². The van der Waals surface area contributed by atoms with Crippen LogP contribution in [-0.4, -0.2) is 56.0 Å². The zero-order chi connectivity index (χ0) is 17.8. The maximum Gasteiger partial charge on any atom is 0.166 e. The lowest BCUT2D eigenvalue weighted by molar-refractivity contribution is 0.614. The van der Waals surface area contributed by atoms with Crippen LogP contribution in [0.5, 0.6) is 0 Å². The Morgan fingerprint density at radius 3 is 2.84 bits per heavy atom. The number of anilines is 1. The summed E-state index contributed by atoms with van der Waals surface area (Å²) in [6, 6.07) is 4.97. The van der Waals surface area contributed by atoms with Gasteiger partial charge in [-0.2, -0.15) is 0 Å². The van der Waals surface area contributed by atoms with Crippen LogP contribution in [0.1, 0.15) is 5.69 Å². The molecule has 134 valence electrons. The summed E-state index contributed by atoms with van der Waals surface area (Å²) in [5.74, 6) is 0.834. The summed E-state index contributed by atoms with van der Waals surface area (Å²) in [5.41, 5.74) is 1.82. The maximum atomic E-state index is 14.5. The molecular formula is C15H19FN6OS2. The van der Waals surface area contributed by atoms with E-state index in [4.69, 9.17) is 12.2 Å². The Hall–Kier alpha value is -2.07. The molecule has 1 saturated heterocycles. The van der Waals surface area contributed by atoms with E-state index in [2.05, 4.69) is 20.9 Å². The molecule has 2 aromatic rings. The molecular weight excluding hydrogens is 363 g/mol. The van der Waals surface area contributed by atoms with Crippen LogP contribution < -0.4 is 15.5 Å². The molecule has 0 bridgehead atoms. The van der Waals surface area contributed by atoms with E-state index in [1.54, 1.807) is 25.4 Å². The van der Waals surface area contributed by atoms with Crippen molar-refractivity contribution in [2.75, 3.05) is 36.5 Å². The van der Waals surface area contributed by atoms with Crippen molar-refractivity contribution in [1.82, 2.24) is 25.6 Å². The SMILES string of the molecule is CNC(=S)NCc1cn(-c2ccc(N3CCS(=O)CC3)c(F)c2)nn1. The first-order chi connectivity index (χ1) is 12.1. The second-order valence-corrected chi connectivity index (χ2v) is 7.66. The molecule has 10 heteroatoms. The van der Waals surface area contributed by atoms with Crippen molar-refractivity contribution in [1.29, 1.82) is 0 Å². The average molecular weight is 382 g/mol. The van der Waals surface area contributed by atoms with E-state index in [-0.39, 0.29) is 5.82 Å². The van der Waals surface area contributed by atoms with Gasteiger partial charge in [0.15, 0.2) is 5.11 Å². The first-order valence-electron chi connectivity index (χ1n) is 7.83. The van der Waals surface area contributed by atoms with E-state index >= 15 is 0 Å². The van der Waals surface area contributed by atoms with Gasteiger partial charge in [-0.25, -0.2) is 9.07 Å². The normalized spacial score (nSPS) is 15.2. The lowest BCUT2D eigenvalue weighted by Crippen LogP contribution is -2.38. The van der Waals surface area contributed by atoms with Crippen molar-refractivity contribution in [2.24, 2.45) is 0 Å². The third-order valence-electron chi connectivity index (χ3n) is 3.91. The molecule has 1 aliphatic heterocycles. The molecule has 25 heavy (non-hydrogen) atoms. The molecule has 3 rings (SSSR count). The smallest absolute Gasteiger partial charge is 0.166 e. The summed E-state index contributed by atoms with van der Waals surface area (Å²) in [5, 5.41) is 14.4. The largest absolute Gasteiger partial charge is 0.367 e. The van der Waals surface area contributed by atoms with Crippen molar-refractivity contribution < 1.29 is 8.60 Å². The van der Waals surface area contributed by atoms with Crippen LogP contribution in [0.25, 0.3) is 5.69 Å². The van der Waals surface area contributed by atoms with Crippen LogP contribution >= 0.6 is 12.2 Å². The minimum Gasteiger partial charge on any atom is -0.367 e. The van der Waals surface area contributed by atoms with Crippen LogP contribution in [0.2, 0.25) is 0 Å². The van der Waals surface area contributed by atoms with Crippen LogP contribution in [0.4, 0.5) is 10.1 Å². The fourth-order valence-corrected chi connectivity index (χ4v) is 3.66. The molecule has 1 fully saturated rings. The molecule has 2 N–H and O–H groups in total. The second-order valence-electron chi connectivity index (χ2n) is 5.56. The summed E-state index contributed by atoms with van der Waals surface area (Å²) >= 11 is 5.00. The van der Waals surface area contributed by atoms with Crippen LogP contribution in [0.3, 0.4) is 0 Å². The number of benzene rings is 1. The van der Waals surface area contributed by atoms with Gasteiger partial charge < -0.3 is 15.5 Å². The Morgan fingerprint density at radius 2 is 2.16 bits per heavy atom. The molecule has 0 saturated carbocycles. The summed E-state index contributed by atoms with van der Waals surface area (Å²) < 4.78 is 27.5. The zero-order valence-corrected chi connectivity index (χ0v) is 15.4. The maximum absolute atomic E-state index is 14.5. The fourth-order valence-electron chi connectivity index (χ4n) is 2.54. The third-order valence-corrected chi connectivity index (χ3v) is 5.54.